The van der Waals surface area contributed by atoms with E-state index in [0.717, 1.165) is 5.56 Å². The molecule has 78 valence electrons. The molecule has 0 aliphatic carbocycles. The van der Waals surface area contributed by atoms with Gasteiger partial charge >= 0.3 is 0 Å². The molecule has 0 aliphatic heterocycles. The summed E-state index contributed by atoms with van der Waals surface area (Å²) in [6, 6.07) is 0. The molecule has 4 heteroatoms. The minimum Gasteiger partial charge on any atom is -0.260 e. The highest BCUT2D eigenvalue weighted by Crippen LogP contribution is 2.20. The summed E-state index contributed by atoms with van der Waals surface area (Å²) in [6.45, 7) is 6.25. The van der Waals surface area contributed by atoms with Crippen molar-refractivity contribution in [3.8, 4) is 0 Å². The van der Waals surface area contributed by atoms with E-state index in [2.05, 4.69) is 36.6 Å². The van der Waals surface area contributed by atoms with E-state index in [1.165, 1.54) is 0 Å². The van der Waals surface area contributed by atoms with Gasteiger partial charge in [-0.1, -0.05) is 20.8 Å². The normalized spacial score (nSPS) is 16.3. The lowest BCUT2D eigenvalue weighted by Gasteiger charge is -2.17. The van der Waals surface area contributed by atoms with Gasteiger partial charge in [-0.3, -0.25) is 4.21 Å². The van der Waals surface area contributed by atoms with Crippen molar-refractivity contribution < 1.29 is 4.21 Å². The quantitative estimate of drug-likeness (QED) is 0.523. The molecule has 0 spiro atoms. The van der Waals surface area contributed by atoms with Crippen molar-refractivity contribution >= 4 is 15.4 Å². The van der Waals surface area contributed by atoms with Crippen molar-refractivity contribution in [3.05, 3.63) is 18.0 Å². The molecular weight excluding hydrogens is 196 g/mol. The van der Waals surface area contributed by atoms with Gasteiger partial charge in [-0.15, -0.1) is 0 Å². The Hall–Kier alpha value is -0.900. The van der Waals surface area contributed by atoms with Crippen molar-refractivity contribution in [1.29, 1.82) is 0 Å². The Bertz CT molecular complexity index is 412. The van der Waals surface area contributed by atoms with E-state index in [1.807, 2.05) is 0 Å². The minimum atomic E-state index is -2.29. The summed E-state index contributed by atoms with van der Waals surface area (Å²) in [6.07, 6.45) is 4.98. The van der Waals surface area contributed by atoms with Crippen molar-refractivity contribution in [2.24, 2.45) is 0 Å². The van der Waals surface area contributed by atoms with Crippen molar-refractivity contribution in [2.45, 2.75) is 31.3 Å². The van der Waals surface area contributed by atoms with Crippen LogP contribution in [0.4, 0.5) is 0 Å². The van der Waals surface area contributed by atoms with Crippen LogP contribution in [0.2, 0.25) is 0 Å². The van der Waals surface area contributed by atoms with Crippen LogP contribution in [0.1, 0.15) is 26.3 Å². The van der Waals surface area contributed by atoms with Crippen LogP contribution < -0.4 is 0 Å². The van der Waals surface area contributed by atoms with E-state index in [-0.39, 0.29) is 5.41 Å². The van der Waals surface area contributed by atoms with Crippen LogP contribution in [-0.2, 0) is 14.9 Å². The van der Waals surface area contributed by atoms with Gasteiger partial charge in [-0.2, -0.15) is 0 Å². The molecule has 0 amide bonds. The van der Waals surface area contributed by atoms with E-state index < -0.39 is 9.52 Å². The molecule has 0 N–H and O–H groups in total. The maximum atomic E-state index is 11.5. The largest absolute Gasteiger partial charge is 0.260 e. The zero-order chi connectivity index (χ0) is 11.0. The molecular formula is C10H16N2OS. The first-order valence-corrected chi connectivity index (χ1v) is 6.49. The van der Waals surface area contributed by atoms with Crippen LogP contribution in [0.25, 0.3) is 0 Å². The molecule has 0 radical (unpaired) electrons. The molecule has 1 atom stereocenters. The third-order valence-corrected chi connectivity index (χ3v) is 2.86. The summed E-state index contributed by atoms with van der Waals surface area (Å²) >= 11 is 0. The summed E-state index contributed by atoms with van der Waals surface area (Å²) in [5.74, 6) is 3.54. The smallest absolute Gasteiger partial charge is 0.209 e. The Balaban J connectivity index is 3.14. The molecule has 1 rings (SSSR count). The van der Waals surface area contributed by atoms with Gasteiger partial charge in [-0.25, -0.2) is 9.97 Å². The maximum Gasteiger partial charge on any atom is 0.209 e. The van der Waals surface area contributed by atoms with Crippen molar-refractivity contribution in [1.82, 2.24) is 9.97 Å². The predicted octanol–water partition coefficient (Wildman–Crippen LogP) is 1.48. The van der Waals surface area contributed by atoms with Crippen LogP contribution in [0, 0.1) is 0 Å². The molecule has 1 heterocycles. The second-order valence-electron chi connectivity index (χ2n) is 4.51. The Morgan fingerprint density at radius 1 is 1.29 bits per heavy atom. The van der Waals surface area contributed by atoms with E-state index in [4.69, 9.17) is 0 Å². The molecule has 0 bridgehead atoms. The van der Waals surface area contributed by atoms with Crippen LogP contribution >= 0.6 is 0 Å². The van der Waals surface area contributed by atoms with E-state index in [9.17, 15) is 4.21 Å². The van der Waals surface area contributed by atoms with Gasteiger partial charge in [0, 0.05) is 28.2 Å². The monoisotopic (exact) mass is 212 g/mol. The van der Waals surface area contributed by atoms with Crippen molar-refractivity contribution in [3.63, 3.8) is 0 Å². The number of hydrogen-bond donors (Lipinski definition) is 0. The van der Waals surface area contributed by atoms with Gasteiger partial charge in [0.1, 0.15) is 0 Å². The van der Waals surface area contributed by atoms with Gasteiger partial charge < -0.3 is 0 Å². The number of rotatable bonds is 1. The average molecular weight is 212 g/mol. The summed E-state index contributed by atoms with van der Waals surface area (Å²) in [4.78, 5) is 8.13. The lowest BCUT2D eigenvalue weighted by Crippen LogP contribution is -2.13. The second kappa shape index (κ2) is 3.35. The van der Waals surface area contributed by atoms with Gasteiger partial charge in [0.25, 0.3) is 0 Å². The Morgan fingerprint density at radius 3 is 2.00 bits per heavy atom. The van der Waals surface area contributed by atoms with Gasteiger partial charge in [0.2, 0.25) is 5.16 Å². The first-order chi connectivity index (χ1) is 6.21. The highest BCUT2D eigenvalue weighted by Gasteiger charge is 2.15. The molecule has 1 aromatic heterocycles. The molecule has 3 nitrogen and oxygen atoms in total. The predicted molar refractivity (Wildman–Crippen MR) is 60.2 cm³/mol. The topological polar surface area (TPSA) is 42.9 Å². The number of aromatic nitrogens is 2. The van der Waals surface area contributed by atoms with Crippen LogP contribution in [0.3, 0.4) is 0 Å². The molecule has 0 saturated carbocycles. The van der Waals surface area contributed by atoms with E-state index in [0.29, 0.717) is 5.16 Å². The summed E-state index contributed by atoms with van der Waals surface area (Å²) in [5.41, 5.74) is 1.05. The highest BCUT2D eigenvalue weighted by atomic mass is 32.2. The summed E-state index contributed by atoms with van der Waals surface area (Å²) < 4.78 is 11.5. The molecule has 0 aliphatic rings. The van der Waals surface area contributed by atoms with Crippen molar-refractivity contribution in [2.75, 3.05) is 6.26 Å². The fraction of sp³-hybridized carbons (Fsp3) is 0.500. The minimum absolute atomic E-state index is 0.0221. The Labute approximate surface area is 85.6 Å². The fourth-order valence-electron chi connectivity index (χ4n) is 0.926. The molecule has 1 unspecified atom stereocenters. The molecule has 0 aromatic carbocycles. The third-order valence-electron chi connectivity index (χ3n) is 1.88. The van der Waals surface area contributed by atoms with Gasteiger partial charge in [0.05, 0.1) is 0 Å². The molecule has 1 aromatic rings. The fourth-order valence-corrected chi connectivity index (χ4v) is 1.48. The van der Waals surface area contributed by atoms with Gasteiger partial charge in [0.15, 0.2) is 0 Å². The SMILES string of the molecule is C=S(C)(=O)c1ncc(C(C)(C)C)cn1. The number of nitrogens with zero attached hydrogens (tertiary/aromatic N) is 2. The van der Waals surface area contributed by atoms with Crippen LogP contribution in [0.15, 0.2) is 17.6 Å². The lowest BCUT2D eigenvalue weighted by atomic mass is 9.89. The van der Waals surface area contributed by atoms with Gasteiger partial charge in [-0.05, 0) is 16.8 Å². The lowest BCUT2D eigenvalue weighted by molar-refractivity contribution is 0.579. The zero-order valence-electron chi connectivity index (χ0n) is 9.07. The second-order valence-corrected chi connectivity index (χ2v) is 6.88. The van der Waals surface area contributed by atoms with Crippen LogP contribution in [0.5, 0.6) is 0 Å². The average Bonchev–Trinajstić information content (AvgIpc) is 2.01. The zero-order valence-corrected chi connectivity index (χ0v) is 9.89. The third kappa shape index (κ3) is 2.54. The first-order valence-electron chi connectivity index (χ1n) is 4.36. The first kappa shape index (κ1) is 11.2. The summed E-state index contributed by atoms with van der Waals surface area (Å²) in [5, 5.41) is 0.325. The van der Waals surface area contributed by atoms with Crippen LogP contribution in [-0.4, -0.2) is 26.3 Å². The molecule has 0 saturated heterocycles. The molecule has 14 heavy (non-hydrogen) atoms. The molecule has 0 fully saturated rings. The van der Waals surface area contributed by atoms with E-state index in [1.54, 1.807) is 18.6 Å². The highest BCUT2D eigenvalue weighted by molar-refractivity contribution is 7.99. The standard InChI is InChI=1S/C10H16N2OS/c1-10(2,3)8-6-11-9(12-7-8)14(4,5)13/h6-7H,4H2,1-3,5H3. The number of hydrogen-bond acceptors (Lipinski definition) is 3. The Kier molecular flexibility index (Phi) is 2.67. The Morgan fingerprint density at radius 2 is 1.71 bits per heavy atom. The maximum absolute atomic E-state index is 11.5. The van der Waals surface area contributed by atoms with E-state index >= 15 is 0 Å². The summed E-state index contributed by atoms with van der Waals surface area (Å²) in [7, 11) is -2.29.